The van der Waals surface area contributed by atoms with Gasteiger partial charge in [-0.15, -0.1) is 0 Å². The number of carbonyl (C=O) groups is 1. The van der Waals surface area contributed by atoms with E-state index in [1.54, 1.807) is 33.5 Å². The third-order valence-corrected chi connectivity index (χ3v) is 10.4. The van der Waals surface area contributed by atoms with E-state index in [0.717, 1.165) is 79.9 Å². The Morgan fingerprint density at radius 1 is 1.03 bits per heavy atom. The zero-order chi connectivity index (χ0) is 26.7. The van der Waals surface area contributed by atoms with Crippen LogP contribution < -0.4 is 4.90 Å². The van der Waals surface area contributed by atoms with Crippen LogP contribution in [-0.4, -0.2) is 81.0 Å². The number of piperidine rings is 1. The predicted octanol–water partition coefficient (Wildman–Crippen LogP) is 4.46. The molecule has 5 rings (SSSR count). The van der Waals surface area contributed by atoms with Crippen LogP contribution in [0.15, 0.2) is 41.3 Å². The van der Waals surface area contributed by atoms with Crippen LogP contribution in [0.1, 0.15) is 47.2 Å². The van der Waals surface area contributed by atoms with Gasteiger partial charge in [0.25, 0.3) is 5.91 Å². The summed E-state index contributed by atoms with van der Waals surface area (Å²) in [5, 5.41) is 0.672. The molecule has 0 spiro atoms. The van der Waals surface area contributed by atoms with Crippen LogP contribution in [0.5, 0.6) is 0 Å². The summed E-state index contributed by atoms with van der Waals surface area (Å²) in [5.74, 6) is -0.165. The lowest BCUT2D eigenvalue weighted by molar-refractivity contribution is 0.0376. The fourth-order valence-corrected chi connectivity index (χ4v) is 7.78. The van der Waals surface area contributed by atoms with Gasteiger partial charge in [0.2, 0.25) is 10.0 Å². The predicted molar refractivity (Wildman–Crippen MR) is 152 cm³/mol. The van der Waals surface area contributed by atoms with Crippen molar-refractivity contribution in [1.82, 2.24) is 14.2 Å². The fourth-order valence-electron chi connectivity index (χ4n) is 5.22. The summed E-state index contributed by atoms with van der Waals surface area (Å²) in [4.78, 5) is 23.0. The number of hydrogen-bond donors (Lipinski definition) is 0. The number of fused-ring (bicyclic) bond motifs is 1. The van der Waals surface area contributed by atoms with Crippen LogP contribution in [-0.2, 0) is 14.8 Å². The largest absolute Gasteiger partial charge is 0.379 e. The lowest BCUT2D eigenvalue weighted by Crippen LogP contribution is -2.39. The molecule has 0 unspecified atom stereocenters. The van der Waals surface area contributed by atoms with Crippen molar-refractivity contribution in [3.05, 3.63) is 53.1 Å². The summed E-state index contributed by atoms with van der Waals surface area (Å²) < 4.78 is 34.3. The van der Waals surface area contributed by atoms with Gasteiger partial charge >= 0.3 is 0 Å². The van der Waals surface area contributed by atoms with Gasteiger partial charge in [0.15, 0.2) is 5.13 Å². The Hall–Kier alpha value is -2.37. The van der Waals surface area contributed by atoms with Crippen molar-refractivity contribution in [2.75, 3.05) is 57.4 Å². The molecule has 2 aromatic carbocycles. The molecule has 2 fully saturated rings. The van der Waals surface area contributed by atoms with Crippen molar-refractivity contribution in [2.24, 2.45) is 0 Å². The summed E-state index contributed by atoms with van der Waals surface area (Å²) >= 11 is 1.53. The van der Waals surface area contributed by atoms with Crippen molar-refractivity contribution in [3.63, 3.8) is 0 Å². The second kappa shape index (κ2) is 11.8. The second-order valence-corrected chi connectivity index (χ2v) is 13.1. The maximum atomic E-state index is 13.8. The maximum absolute atomic E-state index is 13.8. The van der Waals surface area contributed by atoms with Crippen molar-refractivity contribution in [1.29, 1.82) is 0 Å². The van der Waals surface area contributed by atoms with Gasteiger partial charge in [-0.3, -0.25) is 14.6 Å². The molecule has 10 heteroatoms. The Labute approximate surface area is 229 Å². The Morgan fingerprint density at radius 3 is 2.45 bits per heavy atom. The average Bonchev–Trinajstić information content (AvgIpc) is 3.36. The zero-order valence-corrected chi connectivity index (χ0v) is 23.8. The van der Waals surface area contributed by atoms with E-state index in [-0.39, 0.29) is 10.8 Å². The molecule has 2 saturated heterocycles. The van der Waals surface area contributed by atoms with E-state index in [1.165, 1.54) is 11.3 Å². The first-order chi connectivity index (χ1) is 18.3. The SMILES string of the molecule is Cc1cc(C)c2sc(N(CCCN3CCOCC3)C(=O)c3ccc(S(=O)(=O)N4CCCCC4)cc3)nc2c1. The normalized spacial score (nSPS) is 17.6. The minimum Gasteiger partial charge on any atom is -0.379 e. The molecule has 0 N–H and O–H groups in total. The van der Waals surface area contributed by atoms with Gasteiger partial charge < -0.3 is 4.74 Å². The van der Waals surface area contributed by atoms with Gasteiger partial charge in [-0.25, -0.2) is 13.4 Å². The number of aromatic nitrogens is 1. The maximum Gasteiger partial charge on any atom is 0.260 e. The van der Waals surface area contributed by atoms with Gasteiger partial charge in [-0.1, -0.05) is 23.8 Å². The highest BCUT2D eigenvalue weighted by Crippen LogP contribution is 2.33. The summed E-state index contributed by atoms with van der Waals surface area (Å²) in [6.07, 6.45) is 3.64. The molecule has 0 bridgehead atoms. The Balaban J connectivity index is 1.39. The minimum absolute atomic E-state index is 0.165. The number of thiazole rings is 1. The van der Waals surface area contributed by atoms with Crippen LogP contribution in [0, 0.1) is 13.8 Å². The molecule has 3 aromatic rings. The van der Waals surface area contributed by atoms with Gasteiger partial charge in [0.05, 0.1) is 28.3 Å². The van der Waals surface area contributed by atoms with Gasteiger partial charge in [0.1, 0.15) is 0 Å². The van der Waals surface area contributed by atoms with Crippen LogP contribution in [0.4, 0.5) is 5.13 Å². The quantitative estimate of drug-likeness (QED) is 0.408. The highest BCUT2D eigenvalue weighted by molar-refractivity contribution is 7.89. The highest BCUT2D eigenvalue weighted by Gasteiger charge is 2.27. The number of nitrogens with zero attached hydrogens (tertiary/aromatic N) is 4. The van der Waals surface area contributed by atoms with E-state index in [0.29, 0.717) is 30.3 Å². The average molecular weight is 557 g/mol. The van der Waals surface area contributed by atoms with E-state index < -0.39 is 10.0 Å². The van der Waals surface area contributed by atoms with Gasteiger partial charge in [-0.05, 0) is 74.6 Å². The van der Waals surface area contributed by atoms with Gasteiger partial charge in [-0.2, -0.15) is 4.31 Å². The Kier molecular flexibility index (Phi) is 8.44. The second-order valence-electron chi connectivity index (χ2n) is 10.2. The molecule has 204 valence electrons. The molecular formula is C28H36N4O4S2. The Morgan fingerprint density at radius 2 is 1.74 bits per heavy atom. The number of ether oxygens (including phenoxy) is 1. The summed E-state index contributed by atoms with van der Waals surface area (Å²) in [6, 6.07) is 10.6. The fraction of sp³-hybridized carbons (Fsp3) is 0.500. The lowest BCUT2D eigenvalue weighted by Gasteiger charge is -2.28. The summed E-state index contributed by atoms with van der Waals surface area (Å²) in [5.41, 5.74) is 3.65. The molecule has 8 nitrogen and oxygen atoms in total. The first-order valence-electron chi connectivity index (χ1n) is 13.4. The molecule has 1 amide bonds. The topological polar surface area (TPSA) is 83.0 Å². The number of morpholine rings is 1. The van der Waals surface area contributed by atoms with Crippen molar-refractivity contribution in [3.8, 4) is 0 Å². The molecular weight excluding hydrogens is 520 g/mol. The summed E-state index contributed by atoms with van der Waals surface area (Å²) in [6.45, 7) is 9.93. The van der Waals surface area contributed by atoms with Crippen molar-refractivity contribution >= 4 is 42.6 Å². The molecule has 2 aliphatic heterocycles. The molecule has 0 aliphatic carbocycles. The van der Waals surface area contributed by atoms with Crippen LogP contribution >= 0.6 is 11.3 Å². The number of anilines is 1. The molecule has 3 heterocycles. The number of hydrogen-bond acceptors (Lipinski definition) is 7. The number of carbonyl (C=O) groups excluding carboxylic acids is 1. The molecule has 2 aliphatic rings. The molecule has 0 atom stereocenters. The van der Waals surface area contributed by atoms with Crippen molar-refractivity contribution < 1.29 is 17.9 Å². The van der Waals surface area contributed by atoms with E-state index in [2.05, 4.69) is 30.9 Å². The van der Waals surface area contributed by atoms with Crippen LogP contribution in [0.25, 0.3) is 10.2 Å². The monoisotopic (exact) mass is 556 g/mol. The minimum atomic E-state index is -3.55. The molecule has 38 heavy (non-hydrogen) atoms. The van der Waals surface area contributed by atoms with Crippen LogP contribution in [0.2, 0.25) is 0 Å². The highest BCUT2D eigenvalue weighted by atomic mass is 32.2. The molecule has 0 radical (unpaired) electrons. The smallest absolute Gasteiger partial charge is 0.260 e. The summed E-state index contributed by atoms with van der Waals surface area (Å²) in [7, 11) is -3.55. The number of rotatable bonds is 8. The van der Waals surface area contributed by atoms with E-state index in [9.17, 15) is 13.2 Å². The van der Waals surface area contributed by atoms with Crippen LogP contribution in [0.3, 0.4) is 0 Å². The number of sulfonamides is 1. The zero-order valence-electron chi connectivity index (χ0n) is 22.2. The van der Waals surface area contributed by atoms with Crippen molar-refractivity contribution in [2.45, 2.75) is 44.4 Å². The van der Waals surface area contributed by atoms with Gasteiger partial charge in [0, 0.05) is 44.8 Å². The first kappa shape index (κ1) is 27.2. The number of amides is 1. The third kappa shape index (κ3) is 5.94. The number of aryl methyl sites for hydroxylation is 2. The van der Waals surface area contributed by atoms with E-state index in [4.69, 9.17) is 9.72 Å². The first-order valence-corrected chi connectivity index (χ1v) is 15.7. The Bertz CT molecular complexity index is 1380. The van der Waals surface area contributed by atoms with E-state index in [1.807, 2.05) is 0 Å². The number of benzene rings is 2. The molecule has 1 aromatic heterocycles. The molecule has 0 saturated carbocycles. The standard InChI is InChI=1S/C28H36N4O4S2/c1-21-19-22(2)26-25(20-21)29-28(37-26)32(14-6-11-30-15-17-36-18-16-30)27(33)23-7-9-24(10-8-23)38(34,35)31-12-4-3-5-13-31/h7-10,19-20H,3-6,11-18H2,1-2H3. The lowest BCUT2D eigenvalue weighted by atomic mass is 10.1. The van der Waals surface area contributed by atoms with E-state index >= 15 is 0 Å². The third-order valence-electron chi connectivity index (χ3n) is 7.30.